The van der Waals surface area contributed by atoms with Gasteiger partial charge in [0, 0.05) is 6.26 Å². The molecule has 0 unspecified atom stereocenters. The second-order valence-corrected chi connectivity index (χ2v) is 4.29. The van der Waals surface area contributed by atoms with Gasteiger partial charge >= 0.3 is 0 Å². The van der Waals surface area contributed by atoms with Gasteiger partial charge < -0.3 is 5.11 Å². The highest BCUT2D eigenvalue weighted by molar-refractivity contribution is 7.90. The molecule has 0 saturated heterocycles. The van der Waals surface area contributed by atoms with E-state index in [0.717, 1.165) is 6.26 Å². The summed E-state index contributed by atoms with van der Waals surface area (Å²) in [4.78, 5) is 0.137. The molecule has 0 atom stereocenters. The van der Waals surface area contributed by atoms with E-state index in [2.05, 4.69) is 0 Å². The van der Waals surface area contributed by atoms with Crippen molar-refractivity contribution in [3.05, 3.63) is 24.3 Å². The number of hydrogen-bond acceptors (Lipinski definition) is 3. The summed E-state index contributed by atoms with van der Waals surface area (Å²) in [7, 11) is -3.19. The lowest BCUT2D eigenvalue weighted by Gasteiger charge is -1.96. The van der Waals surface area contributed by atoms with Gasteiger partial charge in [-0.25, -0.2) is 8.42 Å². The second kappa shape index (κ2) is 2.54. The van der Waals surface area contributed by atoms with E-state index >= 15 is 0 Å². The number of hydrogen-bond donors (Lipinski definition) is 1. The molecule has 0 bridgehead atoms. The molecule has 0 aromatic heterocycles. The molecule has 1 rings (SSSR count). The van der Waals surface area contributed by atoms with Gasteiger partial charge in [0.15, 0.2) is 9.84 Å². The maximum Gasteiger partial charge on any atom is 0.175 e. The number of aromatic hydroxyl groups is 1. The molecule has 1 N–H and O–H groups in total. The Kier molecular flexibility index (Phi) is 1.87. The first kappa shape index (κ1) is 8.07. The smallest absolute Gasteiger partial charge is 0.175 e. The van der Waals surface area contributed by atoms with Crippen LogP contribution in [0.25, 0.3) is 0 Å². The summed E-state index contributed by atoms with van der Waals surface area (Å²) < 4.78 is 21.7. The van der Waals surface area contributed by atoms with Crippen LogP contribution in [-0.2, 0) is 9.84 Å². The molecule has 0 aliphatic carbocycles. The van der Waals surface area contributed by atoms with Gasteiger partial charge in [-0.1, -0.05) is 6.07 Å². The van der Waals surface area contributed by atoms with Gasteiger partial charge in [0.2, 0.25) is 0 Å². The van der Waals surface area contributed by atoms with E-state index in [1.807, 2.05) is 0 Å². The van der Waals surface area contributed by atoms with Gasteiger partial charge in [-0.15, -0.1) is 0 Å². The fourth-order valence-electron chi connectivity index (χ4n) is 0.714. The van der Waals surface area contributed by atoms with Crippen LogP contribution in [0.1, 0.15) is 0 Å². The monoisotopic (exact) mass is 172 g/mol. The minimum Gasteiger partial charge on any atom is -0.508 e. The third kappa shape index (κ3) is 1.94. The van der Waals surface area contributed by atoms with Gasteiger partial charge in [0.25, 0.3) is 0 Å². The van der Waals surface area contributed by atoms with Crippen molar-refractivity contribution >= 4 is 9.84 Å². The lowest BCUT2D eigenvalue weighted by Crippen LogP contribution is -1.95. The van der Waals surface area contributed by atoms with E-state index in [9.17, 15) is 8.42 Å². The highest BCUT2D eigenvalue weighted by Crippen LogP contribution is 2.14. The lowest BCUT2D eigenvalue weighted by molar-refractivity contribution is 0.473. The number of sulfone groups is 1. The molecule has 0 radical (unpaired) electrons. The first-order chi connectivity index (χ1) is 5.00. The predicted octanol–water partition coefficient (Wildman–Crippen LogP) is 0.796. The van der Waals surface area contributed by atoms with Gasteiger partial charge in [-0.3, -0.25) is 0 Å². The van der Waals surface area contributed by atoms with Gasteiger partial charge in [-0.05, 0) is 18.2 Å². The molecule has 0 aliphatic rings. The fraction of sp³-hybridized carbons (Fsp3) is 0.143. The molecule has 0 aliphatic heterocycles. The van der Waals surface area contributed by atoms with Crippen molar-refractivity contribution in [3.63, 3.8) is 0 Å². The topological polar surface area (TPSA) is 54.4 Å². The maximum atomic E-state index is 10.9. The standard InChI is InChI=1S/C7H8O3S/c1-11(9,10)7-4-2-3-6(8)5-7/h2-5,8H,1H3. The number of benzene rings is 1. The molecule has 60 valence electrons. The zero-order valence-corrected chi connectivity index (χ0v) is 6.80. The van der Waals surface area contributed by atoms with Crippen LogP contribution in [0.2, 0.25) is 0 Å². The zero-order valence-electron chi connectivity index (χ0n) is 5.98. The van der Waals surface area contributed by atoms with E-state index in [4.69, 9.17) is 5.11 Å². The van der Waals surface area contributed by atoms with Crippen LogP contribution in [0.4, 0.5) is 0 Å². The molecule has 1 aromatic rings. The molecule has 1 aromatic carbocycles. The minimum absolute atomic E-state index is 0.0343. The van der Waals surface area contributed by atoms with Crippen molar-refractivity contribution in [2.45, 2.75) is 4.90 Å². The van der Waals surface area contributed by atoms with Gasteiger partial charge in [0.1, 0.15) is 5.75 Å². The summed E-state index contributed by atoms with van der Waals surface area (Å²) >= 11 is 0. The van der Waals surface area contributed by atoms with Crippen LogP contribution < -0.4 is 0 Å². The fourth-order valence-corrected chi connectivity index (χ4v) is 1.37. The van der Waals surface area contributed by atoms with Crippen LogP contribution in [0.15, 0.2) is 29.2 Å². The Morgan fingerprint density at radius 1 is 1.36 bits per heavy atom. The van der Waals surface area contributed by atoms with Crippen LogP contribution in [-0.4, -0.2) is 19.8 Å². The summed E-state index contributed by atoms with van der Waals surface area (Å²) in [5, 5.41) is 8.91. The van der Waals surface area contributed by atoms with Crippen molar-refractivity contribution < 1.29 is 13.5 Å². The quantitative estimate of drug-likeness (QED) is 0.681. The van der Waals surface area contributed by atoms with E-state index in [-0.39, 0.29) is 10.6 Å². The van der Waals surface area contributed by atoms with Crippen molar-refractivity contribution in [1.82, 2.24) is 0 Å². The third-order valence-electron chi connectivity index (χ3n) is 1.25. The normalized spacial score (nSPS) is 11.4. The van der Waals surface area contributed by atoms with Gasteiger partial charge in [0.05, 0.1) is 4.90 Å². The molecular weight excluding hydrogens is 164 g/mol. The Morgan fingerprint density at radius 2 is 2.00 bits per heavy atom. The molecule has 0 fully saturated rings. The Hall–Kier alpha value is -1.03. The Bertz CT molecular complexity index is 354. The molecular formula is C7H8O3S. The van der Waals surface area contributed by atoms with Crippen LogP contribution in [0, 0.1) is 0 Å². The van der Waals surface area contributed by atoms with Crippen molar-refractivity contribution in [1.29, 1.82) is 0 Å². The molecule has 0 amide bonds. The Labute approximate surface area is 65.2 Å². The molecule has 0 heterocycles. The lowest BCUT2D eigenvalue weighted by atomic mass is 10.3. The summed E-state index contributed by atoms with van der Waals surface area (Å²) in [6.07, 6.45) is 1.10. The third-order valence-corrected chi connectivity index (χ3v) is 2.36. The van der Waals surface area contributed by atoms with Crippen LogP contribution >= 0.6 is 0 Å². The summed E-state index contributed by atoms with van der Waals surface area (Å²) in [6, 6.07) is 5.57. The molecule has 0 saturated carbocycles. The molecule has 0 spiro atoms. The largest absolute Gasteiger partial charge is 0.508 e. The summed E-state index contributed by atoms with van der Waals surface area (Å²) in [5.41, 5.74) is 0. The Morgan fingerprint density at radius 3 is 2.36 bits per heavy atom. The Balaban J connectivity index is 3.28. The van der Waals surface area contributed by atoms with Crippen LogP contribution in [0.3, 0.4) is 0 Å². The number of phenolic OH excluding ortho intramolecular Hbond substituents is 1. The van der Waals surface area contributed by atoms with Gasteiger partial charge in [-0.2, -0.15) is 0 Å². The maximum absolute atomic E-state index is 10.9. The predicted molar refractivity (Wildman–Crippen MR) is 41.2 cm³/mol. The van der Waals surface area contributed by atoms with Crippen molar-refractivity contribution in [2.75, 3.05) is 6.26 Å². The van der Waals surface area contributed by atoms with E-state index in [1.165, 1.54) is 24.3 Å². The summed E-state index contributed by atoms with van der Waals surface area (Å²) in [6.45, 7) is 0. The van der Waals surface area contributed by atoms with Crippen molar-refractivity contribution in [3.8, 4) is 5.75 Å². The van der Waals surface area contributed by atoms with E-state index < -0.39 is 9.84 Å². The highest BCUT2D eigenvalue weighted by atomic mass is 32.2. The average Bonchev–Trinajstić information content (AvgIpc) is 1.86. The molecule has 4 heteroatoms. The minimum atomic E-state index is -3.19. The molecule has 11 heavy (non-hydrogen) atoms. The zero-order chi connectivity index (χ0) is 8.48. The first-order valence-electron chi connectivity index (χ1n) is 2.99. The first-order valence-corrected chi connectivity index (χ1v) is 4.88. The van der Waals surface area contributed by atoms with E-state index in [0.29, 0.717) is 0 Å². The SMILES string of the molecule is CS(=O)(=O)c1cccc(O)c1. The van der Waals surface area contributed by atoms with E-state index in [1.54, 1.807) is 0 Å². The molecule has 3 nitrogen and oxygen atoms in total. The van der Waals surface area contributed by atoms with Crippen LogP contribution in [0.5, 0.6) is 5.75 Å². The second-order valence-electron chi connectivity index (χ2n) is 2.27. The summed E-state index contributed by atoms with van der Waals surface area (Å²) in [5.74, 6) is -0.0343. The number of rotatable bonds is 1. The number of phenols is 1. The highest BCUT2D eigenvalue weighted by Gasteiger charge is 2.05. The van der Waals surface area contributed by atoms with Crippen molar-refractivity contribution in [2.24, 2.45) is 0 Å². The average molecular weight is 172 g/mol.